The van der Waals surface area contributed by atoms with Crippen LogP contribution < -0.4 is 0 Å². The number of fused-ring (bicyclic) bond motifs is 12. The summed E-state index contributed by atoms with van der Waals surface area (Å²) in [5, 5.41) is 5.16. The minimum Gasteiger partial charge on any atom is -0.355 e. The van der Waals surface area contributed by atoms with Crippen molar-refractivity contribution in [2.24, 2.45) is 0 Å². The summed E-state index contributed by atoms with van der Waals surface area (Å²) < 4.78 is 2.65. The van der Waals surface area contributed by atoms with Crippen molar-refractivity contribution in [3.8, 4) is 55.6 Å². The first-order chi connectivity index (χ1) is 27.2. The third-order valence-electron chi connectivity index (χ3n) is 13.2. The van der Waals surface area contributed by atoms with Crippen molar-refractivity contribution in [3.05, 3.63) is 180 Å². The van der Waals surface area contributed by atoms with Crippen molar-refractivity contribution in [1.29, 1.82) is 0 Å². The Kier molecular flexibility index (Phi) is 6.40. The van der Waals surface area contributed by atoms with Gasteiger partial charge in [-0.2, -0.15) is 0 Å². The van der Waals surface area contributed by atoms with Crippen molar-refractivity contribution >= 4 is 53.3 Å². The second kappa shape index (κ2) is 11.2. The molecule has 0 amide bonds. The number of hydrogen-bond acceptors (Lipinski definition) is 1. The van der Waals surface area contributed by atoms with E-state index in [2.05, 4.69) is 190 Å². The van der Waals surface area contributed by atoms with E-state index < -0.39 is 0 Å². The molecule has 2 aromatic heterocycles. The van der Waals surface area contributed by atoms with Crippen molar-refractivity contribution in [3.63, 3.8) is 0 Å². The highest BCUT2D eigenvalue weighted by molar-refractivity contribution is 7.26. The van der Waals surface area contributed by atoms with Crippen LogP contribution in [0.15, 0.2) is 158 Å². The van der Waals surface area contributed by atoms with Crippen molar-refractivity contribution in [2.45, 2.75) is 38.5 Å². The van der Waals surface area contributed by atoms with Gasteiger partial charge in [0.15, 0.2) is 0 Å². The fourth-order valence-corrected chi connectivity index (χ4v) is 11.4. The Morgan fingerprint density at radius 2 is 0.875 bits per heavy atom. The quantitative estimate of drug-likeness (QED) is 0.186. The fraction of sp³-hybridized carbons (Fsp3) is 0.111. The average Bonchev–Trinajstić information content (AvgIpc) is 3.92. The maximum absolute atomic E-state index is 3.64. The first kappa shape index (κ1) is 32.1. The number of para-hydroxylation sites is 1. The number of aromatic amines is 1. The Labute approximate surface area is 330 Å². The highest BCUT2D eigenvalue weighted by Crippen LogP contribution is 2.52. The Balaban J connectivity index is 1.07. The van der Waals surface area contributed by atoms with E-state index in [0.29, 0.717) is 0 Å². The maximum atomic E-state index is 3.64. The van der Waals surface area contributed by atoms with Crippen LogP contribution in [0.1, 0.15) is 49.9 Å². The van der Waals surface area contributed by atoms with Crippen LogP contribution in [0.2, 0.25) is 0 Å². The Morgan fingerprint density at radius 3 is 1.59 bits per heavy atom. The van der Waals surface area contributed by atoms with Gasteiger partial charge in [0.05, 0.1) is 0 Å². The van der Waals surface area contributed by atoms with Gasteiger partial charge in [-0.15, -0.1) is 11.3 Å². The highest BCUT2D eigenvalue weighted by atomic mass is 32.1. The summed E-state index contributed by atoms with van der Waals surface area (Å²) in [4.78, 5) is 3.64. The van der Waals surface area contributed by atoms with Crippen LogP contribution in [0.4, 0.5) is 0 Å². The minimum absolute atomic E-state index is 0.0391. The number of benzene rings is 8. The van der Waals surface area contributed by atoms with Gasteiger partial charge < -0.3 is 4.98 Å². The number of H-pyrrole nitrogens is 1. The van der Waals surface area contributed by atoms with E-state index in [4.69, 9.17) is 0 Å². The highest BCUT2D eigenvalue weighted by Gasteiger charge is 2.36. The van der Waals surface area contributed by atoms with Crippen LogP contribution in [0.3, 0.4) is 0 Å². The van der Waals surface area contributed by atoms with E-state index in [1.54, 1.807) is 0 Å². The van der Waals surface area contributed by atoms with E-state index in [0.717, 1.165) is 0 Å². The molecular weight excluding hydrogens is 695 g/mol. The molecule has 1 N–H and O–H groups in total. The molecule has 0 saturated carbocycles. The van der Waals surface area contributed by atoms with Crippen LogP contribution >= 0.6 is 11.3 Å². The standard InChI is InChI=1S/C54H39NS/c1-53(2)45-14-8-5-11-36(45)38-21-17-32(29-47(38)53)31-20-24-51-43(25-31)44-28-35(33-18-22-39-37-12-6-9-15-46(37)54(3,4)48(39)30-33)27-41(52(44)56-51)34-19-23-50-42(26-34)40-13-7-10-16-49(40)55-50/h5-30,55H,1-4H3. The Bertz CT molecular complexity index is 3310. The predicted octanol–water partition coefficient (Wildman–Crippen LogP) is 15.3. The van der Waals surface area contributed by atoms with Gasteiger partial charge in [-0.25, -0.2) is 0 Å². The second-order valence-electron chi connectivity index (χ2n) is 17.0. The smallest absolute Gasteiger partial charge is 0.0465 e. The normalized spacial score (nSPS) is 14.7. The van der Waals surface area contributed by atoms with E-state index in [1.165, 1.54) is 120 Å². The first-order valence-corrected chi connectivity index (χ1v) is 20.6. The zero-order valence-electron chi connectivity index (χ0n) is 31.9. The van der Waals surface area contributed by atoms with Gasteiger partial charge in [0.2, 0.25) is 0 Å². The van der Waals surface area contributed by atoms with Crippen LogP contribution in [-0.4, -0.2) is 4.98 Å². The van der Waals surface area contributed by atoms with Gasteiger partial charge in [-0.05, 0) is 127 Å². The van der Waals surface area contributed by atoms with E-state index in [1.807, 2.05) is 11.3 Å². The molecule has 2 heterocycles. The molecule has 0 saturated heterocycles. The van der Waals surface area contributed by atoms with Gasteiger partial charge in [-0.3, -0.25) is 0 Å². The molecule has 56 heavy (non-hydrogen) atoms. The van der Waals surface area contributed by atoms with Crippen LogP contribution in [-0.2, 0) is 10.8 Å². The largest absolute Gasteiger partial charge is 0.355 e. The molecule has 0 unspecified atom stereocenters. The molecule has 0 fully saturated rings. The zero-order valence-corrected chi connectivity index (χ0v) is 32.7. The number of nitrogens with one attached hydrogen (secondary N) is 1. The fourth-order valence-electron chi connectivity index (χ4n) is 10.2. The van der Waals surface area contributed by atoms with Crippen molar-refractivity contribution in [2.75, 3.05) is 0 Å². The van der Waals surface area contributed by atoms with Gasteiger partial charge in [-0.1, -0.05) is 131 Å². The number of hydrogen-bond donors (Lipinski definition) is 1. The van der Waals surface area contributed by atoms with E-state index in [9.17, 15) is 0 Å². The molecule has 1 nitrogen and oxygen atoms in total. The zero-order chi connectivity index (χ0) is 37.5. The predicted molar refractivity (Wildman–Crippen MR) is 240 cm³/mol. The summed E-state index contributed by atoms with van der Waals surface area (Å²) in [5.41, 5.74) is 20.9. The molecule has 0 aliphatic heterocycles. The lowest BCUT2D eigenvalue weighted by atomic mass is 9.81. The lowest BCUT2D eigenvalue weighted by Crippen LogP contribution is -2.14. The van der Waals surface area contributed by atoms with Crippen LogP contribution in [0.5, 0.6) is 0 Å². The molecule has 0 bridgehead atoms. The Morgan fingerprint density at radius 1 is 0.357 bits per heavy atom. The number of thiophene rings is 1. The summed E-state index contributed by atoms with van der Waals surface area (Å²) >= 11 is 1.92. The van der Waals surface area contributed by atoms with Crippen LogP contribution in [0.25, 0.3) is 97.6 Å². The summed E-state index contributed by atoms with van der Waals surface area (Å²) in [6, 6.07) is 59.8. The molecule has 10 aromatic rings. The molecule has 12 rings (SSSR count). The Hall–Kier alpha value is -6.22. The topological polar surface area (TPSA) is 15.8 Å². The third-order valence-corrected chi connectivity index (χ3v) is 14.4. The van der Waals surface area contributed by atoms with E-state index in [-0.39, 0.29) is 10.8 Å². The summed E-state index contributed by atoms with van der Waals surface area (Å²) in [6.45, 7) is 9.48. The molecule has 8 aromatic carbocycles. The van der Waals surface area contributed by atoms with Gasteiger partial charge >= 0.3 is 0 Å². The summed E-state index contributed by atoms with van der Waals surface area (Å²) in [6.07, 6.45) is 0. The van der Waals surface area contributed by atoms with Crippen LogP contribution in [0, 0.1) is 0 Å². The average molecular weight is 734 g/mol. The maximum Gasteiger partial charge on any atom is 0.0465 e. The monoisotopic (exact) mass is 733 g/mol. The number of rotatable bonds is 3. The SMILES string of the molecule is CC1(C)c2ccccc2-c2ccc(-c3ccc4sc5c(-c6ccc7[nH]c8ccccc8c7c6)cc(-c6ccc7c(c6)C(C)(C)c6ccccc6-7)cc5c4c3)cc21. The molecule has 2 aliphatic rings. The molecular formula is C54H39NS. The summed E-state index contributed by atoms with van der Waals surface area (Å²) in [7, 11) is 0. The number of aromatic nitrogens is 1. The molecule has 2 heteroatoms. The van der Waals surface area contributed by atoms with E-state index >= 15 is 0 Å². The van der Waals surface area contributed by atoms with Crippen molar-refractivity contribution in [1.82, 2.24) is 4.98 Å². The third kappa shape index (κ3) is 4.36. The molecule has 0 radical (unpaired) electrons. The van der Waals surface area contributed by atoms with Crippen molar-refractivity contribution < 1.29 is 0 Å². The molecule has 0 spiro atoms. The first-order valence-electron chi connectivity index (χ1n) is 19.7. The molecule has 2 aliphatic carbocycles. The minimum atomic E-state index is -0.0645. The van der Waals surface area contributed by atoms with Gasteiger partial charge in [0.25, 0.3) is 0 Å². The lowest BCUT2D eigenvalue weighted by Gasteiger charge is -2.22. The molecule has 0 atom stereocenters. The second-order valence-corrected chi connectivity index (χ2v) is 18.1. The van der Waals surface area contributed by atoms with Gasteiger partial charge in [0.1, 0.15) is 0 Å². The molecule has 266 valence electrons. The summed E-state index contributed by atoms with van der Waals surface area (Å²) in [5.74, 6) is 0. The lowest BCUT2D eigenvalue weighted by molar-refractivity contribution is 0.660. The van der Waals surface area contributed by atoms with Gasteiger partial charge in [0, 0.05) is 58.4 Å².